The maximum Gasteiger partial charge on any atom is 0.147 e. The third-order valence-corrected chi connectivity index (χ3v) is 2.37. The zero-order valence-corrected chi connectivity index (χ0v) is 7.90. The lowest BCUT2D eigenvalue weighted by Crippen LogP contribution is -2.06. The standard InChI is InChI=1S/C10H12N4/c11-5-9-6-12-7-14-10(9)13-4-3-8-1-2-8/h6-8H,1-4H2,(H,12,13,14). The molecule has 2 rings (SSSR count). The van der Waals surface area contributed by atoms with Gasteiger partial charge in [-0.25, -0.2) is 9.97 Å². The lowest BCUT2D eigenvalue weighted by Gasteiger charge is -2.04. The van der Waals surface area contributed by atoms with E-state index in [1.807, 2.05) is 0 Å². The average molecular weight is 188 g/mol. The fourth-order valence-corrected chi connectivity index (χ4v) is 1.35. The van der Waals surface area contributed by atoms with Gasteiger partial charge in [-0.3, -0.25) is 0 Å². The van der Waals surface area contributed by atoms with Crippen LogP contribution in [0.3, 0.4) is 0 Å². The SMILES string of the molecule is N#Cc1cncnc1NCCC1CC1. The number of aromatic nitrogens is 2. The Bertz CT molecular complexity index is 351. The molecule has 0 aromatic carbocycles. The average Bonchev–Trinajstić information content (AvgIpc) is 3.03. The van der Waals surface area contributed by atoms with Gasteiger partial charge >= 0.3 is 0 Å². The maximum atomic E-state index is 8.77. The first-order chi connectivity index (χ1) is 6.90. The molecule has 0 unspecified atom stereocenters. The molecular weight excluding hydrogens is 176 g/mol. The Hall–Kier alpha value is -1.63. The van der Waals surface area contributed by atoms with Gasteiger partial charge in [-0.05, 0) is 12.3 Å². The Labute approximate surface area is 83.0 Å². The lowest BCUT2D eigenvalue weighted by molar-refractivity contribution is 0.758. The van der Waals surface area contributed by atoms with Crippen LogP contribution in [0.5, 0.6) is 0 Å². The molecule has 0 radical (unpaired) electrons. The summed E-state index contributed by atoms with van der Waals surface area (Å²) in [5.74, 6) is 1.55. The number of hydrogen-bond donors (Lipinski definition) is 1. The van der Waals surface area contributed by atoms with Crippen LogP contribution >= 0.6 is 0 Å². The van der Waals surface area contributed by atoms with E-state index in [9.17, 15) is 0 Å². The second kappa shape index (κ2) is 4.05. The summed E-state index contributed by atoms with van der Waals surface area (Å²) in [7, 11) is 0. The minimum atomic E-state index is 0.517. The van der Waals surface area contributed by atoms with Crippen molar-refractivity contribution in [2.45, 2.75) is 19.3 Å². The van der Waals surface area contributed by atoms with E-state index in [-0.39, 0.29) is 0 Å². The Morgan fingerprint density at radius 1 is 1.57 bits per heavy atom. The van der Waals surface area contributed by atoms with E-state index < -0.39 is 0 Å². The van der Waals surface area contributed by atoms with E-state index >= 15 is 0 Å². The molecule has 0 amide bonds. The van der Waals surface area contributed by atoms with Gasteiger partial charge in [-0.15, -0.1) is 0 Å². The molecule has 0 spiro atoms. The molecule has 0 atom stereocenters. The summed E-state index contributed by atoms with van der Waals surface area (Å²) in [6, 6.07) is 2.06. The normalized spacial score (nSPS) is 14.8. The minimum Gasteiger partial charge on any atom is -0.369 e. The molecule has 1 aromatic heterocycles. The first-order valence-electron chi connectivity index (χ1n) is 4.84. The van der Waals surface area contributed by atoms with Gasteiger partial charge in [-0.2, -0.15) is 5.26 Å². The van der Waals surface area contributed by atoms with Crippen LogP contribution in [0.25, 0.3) is 0 Å². The molecule has 14 heavy (non-hydrogen) atoms. The van der Waals surface area contributed by atoms with Crippen LogP contribution in [0.4, 0.5) is 5.82 Å². The van der Waals surface area contributed by atoms with Crippen LogP contribution in [0.15, 0.2) is 12.5 Å². The van der Waals surface area contributed by atoms with Crippen molar-refractivity contribution in [3.8, 4) is 6.07 Å². The van der Waals surface area contributed by atoms with E-state index in [4.69, 9.17) is 5.26 Å². The van der Waals surface area contributed by atoms with Crippen LogP contribution in [0.2, 0.25) is 0 Å². The van der Waals surface area contributed by atoms with Crippen molar-refractivity contribution in [2.24, 2.45) is 5.92 Å². The topological polar surface area (TPSA) is 61.6 Å². The van der Waals surface area contributed by atoms with Crippen molar-refractivity contribution >= 4 is 5.82 Å². The monoisotopic (exact) mass is 188 g/mol. The van der Waals surface area contributed by atoms with Crippen LogP contribution in [-0.4, -0.2) is 16.5 Å². The molecule has 1 aliphatic carbocycles. The summed E-state index contributed by atoms with van der Waals surface area (Å²) < 4.78 is 0. The molecule has 72 valence electrons. The van der Waals surface area contributed by atoms with Gasteiger partial charge in [0.2, 0.25) is 0 Å². The summed E-state index contributed by atoms with van der Waals surface area (Å²) in [4.78, 5) is 7.82. The molecule has 1 heterocycles. The third-order valence-electron chi connectivity index (χ3n) is 2.37. The Kier molecular flexibility index (Phi) is 2.59. The van der Waals surface area contributed by atoms with Gasteiger partial charge in [0.25, 0.3) is 0 Å². The molecule has 1 aliphatic rings. The highest BCUT2D eigenvalue weighted by atomic mass is 15.0. The minimum absolute atomic E-state index is 0.517. The van der Waals surface area contributed by atoms with Crippen LogP contribution < -0.4 is 5.32 Å². The first-order valence-corrected chi connectivity index (χ1v) is 4.84. The lowest BCUT2D eigenvalue weighted by atomic mass is 10.3. The summed E-state index contributed by atoms with van der Waals surface area (Å²) in [5.41, 5.74) is 0.517. The van der Waals surface area contributed by atoms with E-state index in [1.54, 1.807) is 0 Å². The largest absolute Gasteiger partial charge is 0.369 e. The van der Waals surface area contributed by atoms with Gasteiger partial charge in [0, 0.05) is 6.54 Å². The summed E-state index contributed by atoms with van der Waals surface area (Å²) in [6.45, 7) is 0.899. The van der Waals surface area contributed by atoms with Crippen molar-refractivity contribution in [3.63, 3.8) is 0 Å². The van der Waals surface area contributed by atoms with Crippen molar-refractivity contribution in [1.29, 1.82) is 5.26 Å². The predicted octanol–water partition coefficient (Wildman–Crippen LogP) is 1.56. The van der Waals surface area contributed by atoms with E-state index in [0.29, 0.717) is 11.4 Å². The number of nitrogens with zero attached hydrogens (tertiary/aromatic N) is 3. The molecule has 0 bridgehead atoms. The maximum absolute atomic E-state index is 8.77. The van der Waals surface area contributed by atoms with Gasteiger partial charge in [0.15, 0.2) is 0 Å². The van der Waals surface area contributed by atoms with Gasteiger partial charge in [0.05, 0.1) is 6.20 Å². The van der Waals surface area contributed by atoms with E-state index in [2.05, 4.69) is 21.4 Å². The summed E-state index contributed by atoms with van der Waals surface area (Å²) in [5, 5.41) is 11.9. The zero-order chi connectivity index (χ0) is 9.80. The van der Waals surface area contributed by atoms with Gasteiger partial charge in [-0.1, -0.05) is 12.8 Å². The number of anilines is 1. The molecule has 1 saturated carbocycles. The van der Waals surface area contributed by atoms with Crippen molar-refractivity contribution in [3.05, 3.63) is 18.1 Å². The fourth-order valence-electron chi connectivity index (χ4n) is 1.35. The van der Waals surface area contributed by atoms with Crippen molar-refractivity contribution < 1.29 is 0 Å². The summed E-state index contributed by atoms with van der Waals surface area (Å²) in [6.07, 6.45) is 6.88. The zero-order valence-electron chi connectivity index (χ0n) is 7.90. The number of rotatable bonds is 4. The highest BCUT2D eigenvalue weighted by molar-refractivity contribution is 5.49. The Balaban J connectivity index is 1.90. The highest BCUT2D eigenvalue weighted by Crippen LogP contribution is 2.32. The number of hydrogen-bond acceptors (Lipinski definition) is 4. The van der Waals surface area contributed by atoms with Gasteiger partial charge < -0.3 is 5.32 Å². The second-order valence-electron chi connectivity index (χ2n) is 3.56. The van der Waals surface area contributed by atoms with E-state index in [1.165, 1.54) is 31.8 Å². The molecule has 4 heteroatoms. The fraction of sp³-hybridized carbons (Fsp3) is 0.500. The van der Waals surface area contributed by atoms with Crippen LogP contribution in [0.1, 0.15) is 24.8 Å². The first kappa shape index (κ1) is 8.95. The molecule has 0 aliphatic heterocycles. The predicted molar refractivity (Wildman–Crippen MR) is 52.6 cm³/mol. The van der Waals surface area contributed by atoms with Crippen molar-refractivity contribution in [2.75, 3.05) is 11.9 Å². The smallest absolute Gasteiger partial charge is 0.147 e. The quantitative estimate of drug-likeness (QED) is 0.778. The molecule has 1 fully saturated rings. The van der Waals surface area contributed by atoms with Crippen LogP contribution in [0, 0.1) is 17.2 Å². The van der Waals surface area contributed by atoms with Gasteiger partial charge in [0.1, 0.15) is 23.8 Å². The molecule has 1 N–H and O–H groups in total. The Morgan fingerprint density at radius 2 is 2.43 bits per heavy atom. The molecule has 1 aromatic rings. The van der Waals surface area contributed by atoms with E-state index in [0.717, 1.165) is 12.5 Å². The highest BCUT2D eigenvalue weighted by Gasteiger charge is 2.20. The second-order valence-corrected chi connectivity index (χ2v) is 3.56. The number of nitrogens with one attached hydrogen (secondary N) is 1. The molecular formula is C10H12N4. The summed E-state index contributed by atoms with van der Waals surface area (Å²) >= 11 is 0. The third kappa shape index (κ3) is 2.19. The molecule has 0 saturated heterocycles. The molecule has 4 nitrogen and oxygen atoms in total. The number of nitriles is 1. The van der Waals surface area contributed by atoms with Crippen molar-refractivity contribution in [1.82, 2.24) is 9.97 Å². The van der Waals surface area contributed by atoms with Crippen LogP contribution in [-0.2, 0) is 0 Å². The Morgan fingerprint density at radius 3 is 3.14 bits per heavy atom.